The van der Waals surface area contributed by atoms with E-state index >= 15 is 0 Å². The SMILES string of the molecule is c1ccc(-c2ccc(-c3nc(-c4cccc(-n5c6ccccc6c6ccccc65)c4)nc4c3sc3ccc(-c5ccccc5)cc34)cc2)cc1. The monoisotopic (exact) mass is 655 g/mol. The molecule has 7 aromatic carbocycles. The van der Waals surface area contributed by atoms with Gasteiger partial charge in [-0.25, -0.2) is 9.97 Å². The van der Waals surface area contributed by atoms with Crippen molar-refractivity contribution in [2.75, 3.05) is 0 Å². The summed E-state index contributed by atoms with van der Waals surface area (Å²) in [7, 11) is 0. The molecule has 0 aliphatic carbocycles. The van der Waals surface area contributed by atoms with Crippen LogP contribution in [0.2, 0.25) is 0 Å². The Hall–Kier alpha value is -6.36. The molecule has 0 saturated carbocycles. The van der Waals surface area contributed by atoms with Gasteiger partial charge in [0.05, 0.1) is 26.9 Å². The number of thiophene rings is 1. The Morgan fingerprint density at radius 3 is 1.66 bits per heavy atom. The van der Waals surface area contributed by atoms with Crippen LogP contribution in [-0.2, 0) is 0 Å². The molecule has 3 nitrogen and oxygen atoms in total. The third-order valence-corrected chi connectivity index (χ3v) is 10.8. The van der Waals surface area contributed by atoms with Crippen LogP contribution in [0.25, 0.3) is 92.7 Å². The summed E-state index contributed by atoms with van der Waals surface area (Å²) in [6.45, 7) is 0. The number of nitrogens with zero attached hydrogens (tertiary/aromatic N) is 3. The number of fused-ring (bicyclic) bond motifs is 6. The predicted octanol–water partition coefficient (Wildman–Crippen LogP) is 12.6. The highest BCUT2D eigenvalue weighted by Gasteiger charge is 2.19. The molecule has 0 atom stereocenters. The van der Waals surface area contributed by atoms with Crippen molar-refractivity contribution in [1.29, 1.82) is 0 Å². The Kier molecular flexibility index (Phi) is 6.68. The van der Waals surface area contributed by atoms with Crippen LogP contribution >= 0.6 is 11.3 Å². The highest BCUT2D eigenvalue weighted by molar-refractivity contribution is 7.26. The van der Waals surface area contributed by atoms with Crippen molar-refractivity contribution in [2.24, 2.45) is 0 Å². The third-order valence-electron chi connectivity index (χ3n) is 9.63. The van der Waals surface area contributed by atoms with Crippen LogP contribution in [0.4, 0.5) is 0 Å². The van der Waals surface area contributed by atoms with Crippen molar-refractivity contribution in [1.82, 2.24) is 14.5 Å². The van der Waals surface area contributed by atoms with Crippen LogP contribution in [0.15, 0.2) is 176 Å². The molecule has 4 heteroatoms. The summed E-state index contributed by atoms with van der Waals surface area (Å²) < 4.78 is 4.65. The largest absolute Gasteiger partial charge is 0.309 e. The molecule has 0 amide bonds. The minimum atomic E-state index is 0.715. The Morgan fingerprint density at radius 2 is 0.960 bits per heavy atom. The fourth-order valence-corrected chi connectivity index (χ4v) is 8.35. The number of aromatic nitrogens is 3. The van der Waals surface area contributed by atoms with Gasteiger partial charge < -0.3 is 4.57 Å². The van der Waals surface area contributed by atoms with Gasteiger partial charge in [-0.3, -0.25) is 0 Å². The van der Waals surface area contributed by atoms with Crippen molar-refractivity contribution in [2.45, 2.75) is 0 Å². The van der Waals surface area contributed by atoms with Crippen LogP contribution in [0, 0.1) is 0 Å². The van der Waals surface area contributed by atoms with E-state index in [1.54, 1.807) is 11.3 Å². The second kappa shape index (κ2) is 11.7. The lowest BCUT2D eigenvalue weighted by Crippen LogP contribution is -1.97. The van der Waals surface area contributed by atoms with E-state index in [-0.39, 0.29) is 0 Å². The predicted molar refractivity (Wildman–Crippen MR) is 211 cm³/mol. The maximum atomic E-state index is 5.36. The molecule has 0 bridgehead atoms. The van der Waals surface area contributed by atoms with Crippen LogP contribution < -0.4 is 0 Å². The molecule has 3 heterocycles. The zero-order chi connectivity index (χ0) is 33.0. The maximum Gasteiger partial charge on any atom is 0.160 e. The molecule has 0 fully saturated rings. The summed E-state index contributed by atoms with van der Waals surface area (Å²) in [5.74, 6) is 0.715. The van der Waals surface area contributed by atoms with E-state index < -0.39 is 0 Å². The quantitative estimate of drug-likeness (QED) is 0.185. The summed E-state index contributed by atoms with van der Waals surface area (Å²) >= 11 is 1.77. The van der Waals surface area contributed by atoms with Crippen molar-refractivity contribution in [3.63, 3.8) is 0 Å². The normalized spacial score (nSPS) is 11.6. The molecule has 10 aromatic rings. The smallest absolute Gasteiger partial charge is 0.160 e. The molecule has 10 rings (SSSR count). The Morgan fingerprint density at radius 1 is 0.400 bits per heavy atom. The zero-order valence-corrected chi connectivity index (χ0v) is 27.8. The van der Waals surface area contributed by atoms with E-state index in [0.29, 0.717) is 5.82 Å². The van der Waals surface area contributed by atoms with E-state index in [1.165, 1.54) is 48.8 Å². The first-order valence-corrected chi connectivity index (χ1v) is 17.6. The fourth-order valence-electron chi connectivity index (χ4n) is 7.21. The number of benzene rings is 7. The van der Waals surface area contributed by atoms with Crippen LogP contribution in [0.5, 0.6) is 0 Å². The summed E-state index contributed by atoms with van der Waals surface area (Å²) in [5, 5.41) is 3.63. The van der Waals surface area contributed by atoms with Gasteiger partial charge in [0.25, 0.3) is 0 Å². The van der Waals surface area contributed by atoms with Gasteiger partial charge in [-0.1, -0.05) is 140 Å². The van der Waals surface area contributed by atoms with E-state index in [9.17, 15) is 0 Å². The highest BCUT2D eigenvalue weighted by Crippen LogP contribution is 2.42. The van der Waals surface area contributed by atoms with E-state index in [2.05, 4.69) is 180 Å². The highest BCUT2D eigenvalue weighted by atomic mass is 32.1. The average Bonchev–Trinajstić information content (AvgIpc) is 3.74. The number of hydrogen-bond donors (Lipinski definition) is 0. The molecule has 0 unspecified atom stereocenters. The third kappa shape index (κ3) is 4.73. The molecule has 3 aromatic heterocycles. The van der Waals surface area contributed by atoms with Crippen molar-refractivity contribution in [3.8, 4) is 50.6 Å². The van der Waals surface area contributed by atoms with Gasteiger partial charge in [-0.2, -0.15) is 0 Å². The Labute approximate surface area is 293 Å². The lowest BCUT2D eigenvalue weighted by atomic mass is 10.0. The summed E-state index contributed by atoms with van der Waals surface area (Å²) in [6.07, 6.45) is 0. The zero-order valence-electron chi connectivity index (χ0n) is 27.0. The molecule has 0 saturated heterocycles. The van der Waals surface area contributed by atoms with Crippen molar-refractivity contribution in [3.05, 3.63) is 176 Å². The molecule has 0 spiro atoms. The minimum absolute atomic E-state index is 0.715. The molecule has 0 N–H and O–H groups in total. The van der Waals surface area contributed by atoms with Gasteiger partial charge in [-0.15, -0.1) is 11.3 Å². The van der Waals surface area contributed by atoms with Crippen LogP contribution in [0.1, 0.15) is 0 Å². The number of rotatable bonds is 5. The average molecular weight is 656 g/mol. The summed E-state index contributed by atoms with van der Waals surface area (Å²) in [4.78, 5) is 10.7. The fraction of sp³-hybridized carbons (Fsp3) is 0. The summed E-state index contributed by atoms with van der Waals surface area (Å²) in [5.41, 5.74) is 12.2. The molecule has 0 radical (unpaired) electrons. The van der Waals surface area contributed by atoms with Crippen LogP contribution in [-0.4, -0.2) is 14.5 Å². The Bertz CT molecular complexity index is 2800. The topological polar surface area (TPSA) is 30.7 Å². The molecular formula is C46H29N3S. The van der Waals surface area contributed by atoms with Gasteiger partial charge in [0.15, 0.2) is 5.82 Å². The Balaban J connectivity index is 1.19. The molecular weight excluding hydrogens is 627 g/mol. The van der Waals surface area contributed by atoms with Crippen molar-refractivity contribution >= 4 is 53.4 Å². The second-order valence-corrected chi connectivity index (χ2v) is 13.7. The maximum absolute atomic E-state index is 5.36. The standard InChI is InChI=1S/C46H29N3S/c1-3-12-30(13-4-1)32-22-24-33(25-23-32)43-45-44(39-29-34(26-27-42(39)50-45)31-14-5-2-6-15-31)48-46(47-43)35-16-11-17-36(28-35)49-40-20-9-7-18-37(40)38-19-8-10-21-41(38)49/h1-29H. The first-order chi connectivity index (χ1) is 24.8. The molecule has 0 aliphatic heterocycles. The number of para-hydroxylation sites is 2. The first-order valence-electron chi connectivity index (χ1n) is 16.8. The van der Waals surface area contributed by atoms with Gasteiger partial charge in [-0.05, 0) is 58.7 Å². The number of hydrogen-bond acceptors (Lipinski definition) is 3. The lowest BCUT2D eigenvalue weighted by Gasteiger charge is -2.11. The molecule has 0 aliphatic rings. The van der Waals surface area contributed by atoms with Gasteiger partial charge in [0, 0.05) is 37.7 Å². The van der Waals surface area contributed by atoms with E-state index in [0.717, 1.165) is 38.1 Å². The van der Waals surface area contributed by atoms with Gasteiger partial charge in [0.2, 0.25) is 0 Å². The minimum Gasteiger partial charge on any atom is -0.309 e. The molecule has 50 heavy (non-hydrogen) atoms. The lowest BCUT2D eigenvalue weighted by molar-refractivity contribution is 1.17. The second-order valence-electron chi connectivity index (χ2n) is 12.6. The van der Waals surface area contributed by atoms with Crippen molar-refractivity contribution < 1.29 is 0 Å². The van der Waals surface area contributed by atoms with Gasteiger partial charge >= 0.3 is 0 Å². The van der Waals surface area contributed by atoms with Crippen LogP contribution in [0.3, 0.4) is 0 Å². The first kappa shape index (κ1) is 28.6. The van der Waals surface area contributed by atoms with E-state index in [1.807, 2.05) is 0 Å². The summed E-state index contributed by atoms with van der Waals surface area (Å²) in [6, 6.07) is 62.5. The molecule has 234 valence electrons. The van der Waals surface area contributed by atoms with E-state index in [4.69, 9.17) is 9.97 Å². The van der Waals surface area contributed by atoms with Gasteiger partial charge in [0.1, 0.15) is 0 Å².